The molecule has 1 aliphatic carbocycles. The standard InChI is InChI=1S/C19H22F3N5O3/c1-10-19(21,22)5-7-29-14-9-12(4-6-23-14)25-17-15(20)16(26-27-17)11-2-3-13(8-11)30-18(28)24-10/h4,6,9-11,13H,2-3,5,7-8H2,1H3,(H,24,28)(H2,25,26,27)/t10-,11-,13+/m0/s1. The molecule has 1 saturated carbocycles. The van der Waals surface area contributed by atoms with Crippen molar-refractivity contribution in [3.05, 3.63) is 29.8 Å². The third-order valence-electron chi connectivity index (χ3n) is 5.45. The number of aromatic amines is 1. The van der Waals surface area contributed by atoms with Gasteiger partial charge in [-0.05, 0) is 32.3 Å². The van der Waals surface area contributed by atoms with Crippen molar-refractivity contribution < 1.29 is 27.4 Å². The molecule has 6 bridgehead atoms. The molecular weight excluding hydrogens is 403 g/mol. The number of halogens is 3. The summed E-state index contributed by atoms with van der Waals surface area (Å²) in [6.07, 6.45) is 0.847. The van der Waals surface area contributed by atoms with Crippen LogP contribution in [0.25, 0.3) is 0 Å². The summed E-state index contributed by atoms with van der Waals surface area (Å²) < 4.78 is 54.2. The Morgan fingerprint density at radius 1 is 1.30 bits per heavy atom. The number of carbonyl (C=O) groups excluding carboxylic acids is 1. The Balaban J connectivity index is 1.60. The molecule has 0 aromatic carbocycles. The molecule has 4 rings (SSSR count). The summed E-state index contributed by atoms with van der Waals surface area (Å²) in [6.45, 7) is 0.886. The third kappa shape index (κ3) is 4.29. The lowest BCUT2D eigenvalue weighted by Gasteiger charge is -2.25. The summed E-state index contributed by atoms with van der Waals surface area (Å²) >= 11 is 0. The van der Waals surface area contributed by atoms with Gasteiger partial charge in [0.25, 0.3) is 5.92 Å². The molecule has 30 heavy (non-hydrogen) atoms. The number of ether oxygens (including phenoxy) is 2. The Hall–Kier alpha value is -2.98. The van der Waals surface area contributed by atoms with E-state index in [1.165, 1.54) is 19.2 Å². The Morgan fingerprint density at radius 3 is 2.97 bits per heavy atom. The molecule has 1 fully saturated rings. The van der Waals surface area contributed by atoms with Gasteiger partial charge in [-0.25, -0.2) is 22.9 Å². The zero-order valence-corrected chi connectivity index (χ0v) is 16.3. The molecule has 0 spiro atoms. The molecule has 0 radical (unpaired) electrons. The number of alkyl carbamates (subject to hydrolysis) is 1. The summed E-state index contributed by atoms with van der Waals surface area (Å²) in [5.41, 5.74) is 0.772. The summed E-state index contributed by atoms with van der Waals surface area (Å²) in [6, 6.07) is 1.61. The minimum atomic E-state index is -3.20. The van der Waals surface area contributed by atoms with Gasteiger partial charge in [-0.15, -0.1) is 0 Å². The van der Waals surface area contributed by atoms with Gasteiger partial charge in [-0.1, -0.05) is 0 Å². The summed E-state index contributed by atoms with van der Waals surface area (Å²) in [5.74, 6) is -3.83. The van der Waals surface area contributed by atoms with Crippen molar-refractivity contribution in [2.24, 2.45) is 0 Å². The minimum absolute atomic E-state index is 0.00531. The number of H-pyrrole nitrogens is 1. The smallest absolute Gasteiger partial charge is 0.407 e. The van der Waals surface area contributed by atoms with Crippen LogP contribution in [0.1, 0.15) is 44.2 Å². The number of carbonyl (C=O) groups is 1. The number of aromatic nitrogens is 3. The first-order valence-corrected chi connectivity index (χ1v) is 9.76. The molecule has 0 unspecified atom stereocenters. The van der Waals surface area contributed by atoms with Gasteiger partial charge in [0, 0.05) is 30.3 Å². The fourth-order valence-electron chi connectivity index (χ4n) is 3.68. The second-order valence-electron chi connectivity index (χ2n) is 7.57. The molecule has 2 aromatic rings. The first-order chi connectivity index (χ1) is 14.3. The normalized spacial score (nSPS) is 26.4. The topological polar surface area (TPSA) is 101 Å². The molecular formula is C19H22F3N5O3. The van der Waals surface area contributed by atoms with E-state index >= 15 is 0 Å². The van der Waals surface area contributed by atoms with Crippen LogP contribution in [-0.2, 0) is 4.74 Å². The van der Waals surface area contributed by atoms with Crippen LogP contribution in [0.4, 0.5) is 29.5 Å². The van der Waals surface area contributed by atoms with Crippen molar-refractivity contribution in [2.45, 2.75) is 56.6 Å². The summed E-state index contributed by atoms with van der Waals surface area (Å²) in [4.78, 5) is 16.0. The highest BCUT2D eigenvalue weighted by molar-refractivity contribution is 5.68. The summed E-state index contributed by atoms with van der Waals surface area (Å²) in [5, 5.41) is 11.7. The van der Waals surface area contributed by atoms with Crippen LogP contribution >= 0.6 is 0 Å². The zero-order chi connectivity index (χ0) is 21.3. The molecule has 2 aliphatic rings. The Bertz CT molecular complexity index is 923. The Morgan fingerprint density at radius 2 is 2.13 bits per heavy atom. The highest BCUT2D eigenvalue weighted by atomic mass is 19.3. The monoisotopic (exact) mass is 425 g/mol. The predicted octanol–water partition coefficient (Wildman–Crippen LogP) is 3.86. The highest BCUT2D eigenvalue weighted by Crippen LogP contribution is 2.38. The van der Waals surface area contributed by atoms with E-state index in [4.69, 9.17) is 9.47 Å². The van der Waals surface area contributed by atoms with E-state index in [1.807, 2.05) is 0 Å². The van der Waals surface area contributed by atoms with Gasteiger partial charge in [-0.2, -0.15) is 5.10 Å². The van der Waals surface area contributed by atoms with Gasteiger partial charge in [0.15, 0.2) is 11.6 Å². The quantitative estimate of drug-likeness (QED) is 0.593. The number of nitrogens with zero attached hydrogens (tertiary/aromatic N) is 2. The largest absolute Gasteiger partial charge is 0.477 e. The summed E-state index contributed by atoms with van der Waals surface area (Å²) in [7, 11) is 0. The van der Waals surface area contributed by atoms with E-state index in [-0.39, 0.29) is 24.2 Å². The zero-order valence-electron chi connectivity index (χ0n) is 16.3. The van der Waals surface area contributed by atoms with Crippen LogP contribution in [0.5, 0.6) is 5.88 Å². The molecule has 3 atom stereocenters. The molecule has 2 aromatic heterocycles. The number of pyridine rings is 1. The minimum Gasteiger partial charge on any atom is -0.477 e. The number of rotatable bonds is 0. The number of hydrogen-bond acceptors (Lipinski definition) is 6. The van der Waals surface area contributed by atoms with Crippen molar-refractivity contribution in [2.75, 3.05) is 11.9 Å². The van der Waals surface area contributed by atoms with Crippen molar-refractivity contribution in [1.29, 1.82) is 0 Å². The third-order valence-corrected chi connectivity index (χ3v) is 5.45. The highest BCUT2D eigenvalue weighted by Gasteiger charge is 2.39. The molecule has 1 aliphatic heterocycles. The number of hydrogen-bond donors (Lipinski definition) is 3. The van der Waals surface area contributed by atoms with Crippen LogP contribution in [0.2, 0.25) is 0 Å². The fourth-order valence-corrected chi connectivity index (χ4v) is 3.68. The average Bonchev–Trinajstić information content (AvgIpc) is 3.28. The number of alkyl halides is 2. The van der Waals surface area contributed by atoms with E-state index in [2.05, 4.69) is 25.8 Å². The first-order valence-electron chi connectivity index (χ1n) is 9.76. The number of anilines is 2. The van der Waals surface area contributed by atoms with E-state index in [0.717, 1.165) is 0 Å². The Labute approximate surface area is 170 Å². The van der Waals surface area contributed by atoms with Crippen LogP contribution in [0.3, 0.4) is 0 Å². The molecule has 0 saturated heterocycles. The van der Waals surface area contributed by atoms with Gasteiger partial charge in [0.2, 0.25) is 5.88 Å². The van der Waals surface area contributed by atoms with E-state index in [1.54, 1.807) is 6.07 Å². The van der Waals surface area contributed by atoms with Crippen LogP contribution in [0, 0.1) is 5.82 Å². The molecule has 3 heterocycles. The van der Waals surface area contributed by atoms with Crippen molar-refractivity contribution in [1.82, 2.24) is 20.5 Å². The number of amides is 1. The molecule has 3 N–H and O–H groups in total. The van der Waals surface area contributed by atoms with Crippen molar-refractivity contribution >= 4 is 17.6 Å². The van der Waals surface area contributed by atoms with Gasteiger partial charge in [-0.3, -0.25) is 5.10 Å². The molecule has 11 heteroatoms. The van der Waals surface area contributed by atoms with Crippen LogP contribution in [-0.4, -0.2) is 45.9 Å². The maximum atomic E-state index is 14.9. The van der Waals surface area contributed by atoms with Crippen LogP contribution in [0.15, 0.2) is 18.3 Å². The van der Waals surface area contributed by atoms with Gasteiger partial charge in [0.05, 0.1) is 18.3 Å². The molecule has 1 amide bonds. The predicted molar refractivity (Wildman–Crippen MR) is 101 cm³/mol. The fraction of sp³-hybridized carbons (Fsp3) is 0.526. The van der Waals surface area contributed by atoms with Crippen molar-refractivity contribution in [3.8, 4) is 5.88 Å². The average molecular weight is 425 g/mol. The maximum Gasteiger partial charge on any atom is 0.407 e. The van der Waals surface area contributed by atoms with E-state index < -0.39 is 36.4 Å². The maximum absolute atomic E-state index is 14.9. The van der Waals surface area contributed by atoms with Crippen LogP contribution < -0.4 is 15.4 Å². The first kappa shape index (κ1) is 20.3. The molecule has 162 valence electrons. The second kappa shape index (κ2) is 8.04. The lowest BCUT2D eigenvalue weighted by molar-refractivity contribution is -0.0485. The number of nitrogens with one attached hydrogen (secondary N) is 3. The lowest BCUT2D eigenvalue weighted by atomic mass is 10.0. The SMILES string of the molecule is C[C@@H]1NC(=O)O[C@@H]2CC[C@@H](C2)c2[nH]nc(c2F)Nc2ccnc(c2)OCCC1(F)F. The Kier molecular flexibility index (Phi) is 5.44. The van der Waals surface area contributed by atoms with Gasteiger partial charge >= 0.3 is 6.09 Å². The number of fused-ring (bicyclic) bond motifs is 7. The van der Waals surface area contributed by atoms with Crippen molar-refractivity contribution in [3.63, 3.8) is 0 Å². The van der Waals surface area contributed by atoms with E-state index in [0.29, 0.717) is 30.6 Å². The van der Waals surface area contributed by atoms with Gasteiger partial charge < -0.3 is 20.1 Å². The molecule has 8 nitrogen and oxygen atoms in total. The lowest BCUT2D eigenvalue weighted by Crippen LogP contribution is -2.47. The van der Waals surface area contributed by atoms with Gasteiger partial charge in [0.1, 0.15) is 6.10 Å². The second-order valence-corrected chi connectivity index (χ2v) is 7.57. The van der Waals surface area contributed by atoms with E-state index in [9.17, 15) is 18.0 Å².